The van der Waals surface area contributed by atoms with Crippen molar-refractivity contribution in [3.63, 3.8) is 0 Å². The van der Waals surface area contributed by atoms with Crippen molar-refractivity contribution >= 4 is 8.80 Å². The fraction of sp³-hybridized carbons (Fsp3) is 1.00. The molecule has 0 nitrogen and oxygen atoms in total. The molecule has 0 aliphatic rings. The van der Waals surface area contributed by atoms with Gasteiger partial charge in [0, 0.05) is 15.2 Å². The molecule has 0 rings (SSSR count). The lowest BCUT2D eigenvalue weighted by atomic mass is 9.83. The monoisotopic (exact) mass is 612 g/mol. The van der Waals surface area contributed by atoms with Crippen LogP contribution in [0.1, 0.15) is 34.1 Å². The zero-order valence-electron chi connectivity index (χ0n) is 18.8. The van der Waals surface area contributed by atoms with Crippen molar-refractivity contribution in [3.05, 3.63) is 0 Å². The van der Waals surface area contributed by atoms with Gasteiger partial charge in [0.25, 0.3) is 0 Å². The van der Waals surface area contributed by atoms with Gasteiger partial charge in [-0.15, -0.1) is 0 Å². The Morgan fingerprint density at radius 1 is 0.432 bits per heavy atom. The van der Waals surface area contributed by atoms with Crippen molar-refractivity contribution in [3.8, 4) is 0 Å². The maximum absolute atomic E-state index is 14.0. The van der Waals surface area contributed by atoms with E-state index in [0.717, 1.165) is 0 Å². The summed E-state index contributed by atoms with van der Waals surface area (Å²) in [5, 5.41) is 0. The second-order valence-electron chi connectivity index (χ2n) is 8.92. The van der Waals surface area contributed by atoms with Gasteiger partial charge >= 0.3 is 53.6 Å². The lowest BCUT2D eigenvalue weighted by Crippen LogP contribution is -2.77. The minimum Gasteiger partial charge on any atom is -0.216 e. The lowest BCUT2D eigenvalue weighted by Gasteiger charge is -2.45. The molecule has 0 aromatic rings. The Morgan fingerprint density at radius 3 is 0.973 bits per heavy atom. The van der Waals surface area contributed by atoms with Gasteiger partial charge in [0.05, 0.1) is 0 Å². The van der Waals surface area contributed by atoms with Gasteiger partial charge < -0.3 is 0 Å². The molecule has 0 aromatic heterocycles. The Morgan fingerprint density at radius 2 is 0.703 bits per heavy atom. The molecule has 0 unspecified atom stereocenters. The van der Waals surface area contributed by atoms with Crippen molar-refractivity contribution in [2.24, 2.45) is 0 Å². The van der Waals surface area contributed by atoms with Crippen LogP contribution in [0.25, 0.3) is 0 Å². The summed E-state index contributed by atoms with van der Waals surface area (Å²) in [6, 6.07) is -1.04. The molecule has 0 fully saturated rings. The number of halogens is 19. The van der Waals surface area contributed by atoms with Crippen LogP contribution in [0.5, 0.6) is 0 Å². The zero-order valence-corrected chi connectivity index (χ0v) is 20.0. The summed E-state index contributed by atoms with van der Waals surface area (Å²) >= 11 is 0. The van der Waals surface area contributed by atoms with Crippen LogP contribution in [-0.2, 0) is 0 Å². The first-order valence-corrected chi connectivity index (χ1v) is 12.0. The van der Waals surface area contributed by atoms with Crippen LogP contribution in [0.3, 0.4) is 0 Å². The summed E-state index contributed by atoms with van der Waals surface area (Å²) in [6.07, 6.45) is -18.9. The molecule has 0 bridgehead atoms. The van der Waals surface area contributed by atoms with E-state index in [1.807, 2.05) is 0 Å². The van der Waals surface area contributed by atoms with Gasteiger partial charge in [0.1, 0.15) is 0 Å². The molecule has 37 heavy (non-hydrogen) atoms. The van der Waals surface area contributed by atoms with Crippen molar-refractivity contribution < 1.29 is 83.4 Å². The van der Waals surface area contributed by atoms with Gasteiger partial charge in [-0.3, -0.25) is 0 Å². The first-order chi connectivity index (χ1) is 15.7. The van der Waals surface area contributed by atoms with Crippen molar-refractivity contribution in [2.45, 2.75) is 105 Å². The molecule has 0 aliphatic heterocycles. The Kier molecular flexibility index (Phi) is 9.52. The van der Waals surface area contributed by atoms with Crippen molar-refractivity contribution in [2.75, 3.05) is 0 Å². The zero-order chi connectivity index (χ0) is 30.6. The van der Waals surface area contributed by atoms with E-state index in [0.29, 0.717) is 0 Å². The molecule has 224 valence electrons. The highest BCUT2D eigenvalue weighted by molar-refractivity contribution is 6.61. The van der Waals surface area contributed by atoms with E-state index in [1.54, 1.807) is 0 Å². The molecule has 20 heteroatoms. The van der Waals surface area contributed by atoms with Crippen molar-refractivity contribution in [1.29, 1.82) is 0 Å². The molecule has 0 aliphatic carbocycles. The second-order valence-corrected chi connectivity index (χ2v) is 13.5. The second kappa shape index (κ2) is 9.82. The molecule has 0 amide bonds. The van der Waals surface area contributed by atoms with Gasteiger partial charge in [-0.05, 0) is 0 Å². The molecular formula is C17H19F19Si. The van der Waals surface area contributed by atoms with Crippen LogP contribution >= 0.6 is 0 Å². The van der Waals surface area contributed by atoms with Gasteiger partial charge in [0.2, 0.25) is 0 Å². The topological polar surface area (TPSA) is 0 Å². The standard InChI is InChI=1S/C17H19F19Si/c1-7(2)37(8(3)4)6-5-9(18,19)11(21,22)13(25,26)15(29,30)14(27,28)12(23,24)10(20,16(31,32)33)17(34,35)36/h7-8,37H,5-6H2,1-4H3. The Bertz CT molecular complexity index is 754. The Balaban J connectivity index is 6.84. The van der Waals surface area contributed by atoms with Gasteiger partial charge in [0.15, 0.2) is 0 Å². The number of alkyl halides is 19. The molecule has 0 radical (unpaired) electrons. The van der Waals surface area contributed by atoms with E-state index in [9.17, 15) is 83.4 Å². The quantitative estimate of drug-likeness (QED) is 0.161. The van der Waals surface area contributed by atoms with Crippen LogP contribution < -0.4 is 0 Å². The summed E-state index contributed by atoms with van der Waals surface area (Å²) in [6.45, 7) is 5.51. The number of rotatable bonds is 11. The number of hydrogen-bond acceptors (Lipinski definition) is 0. The average molecular weight is 612 g/mol. The lowest BCUT2D eigenvalue weighted by molar-refractivity contribution is -0.472. The maximum Gasteiger partial charge on any atom is 0.438 e. The van der Waals surface area contributed by atoms with Crippen LogP contribution in [-0.4, -0.2) is 62.4 Å². The fourth-order valence-electron chi connectivity index (χ4n) is 3.50. The Hall–Kier alpha value is -1.11. The minimum atomic E-state index is -8.97. The fourth-order valence-corrected chi connectivity index (χ4v) is 7.06. The van der Waals surface area contributed by atoms with E-state index >= 15 is 0 Å². The maximum atomic E-state index is 14.0. The van der Waals surface area contributed by atoms with Crippen molar-refractivity contribution in [1.82, 2.24) is 0 Å². The molecule has 0 N–H and O–H groups in total. The molecule has 0 spiro atoms. The van der Waals surface area contributed by atoms with E-state index in [-0.39, 0.29) is 0 Å². The van der Waals surface area contributed by atoms with E-state index in [4.69, 9.17) is 0 Å². The predicted molar refractivity (Wildman–Crippen MR) is 92.4 cm³/mol. The van der Waals surface area contributed by atoms with Gasteiger partial charge in [-0.1, -0.05) is 44.8 Å². The molecule has 0 atom stereocenters. The summed E-state index contributed by atoms with van der Waals surface area (Å²) < 4.78 is 254. The highest BCUT2D eigenvalue weighted by Crippen LogP contribution is 2.66. The summed E-state index contributed by atoms with van der Waals surface area (Å²) in [5.41, 5.74) is -9.71. The molecular weight excluding hydrogens is 593 g/mol. The Labute approximate surface area is 198 Å². The molecule has 0 saturated heterocycles. The van der Waals surface area contributed by atoms with Crippen LogP contribution in [0.4, 0.5) is 83.4 Å². The summed E-state index contributed by atoms with van der Waals surface area (Å²) in [4.78, 5) is 0. The highest BCUT2D eigenvalue weighted by atomic mass is 28.3. The highest BCUT2D eigenvalue weighted by Gasteiger charge is 2.98. The smallest absolute Gasteiger partial charge is 0.216 e. The first-order valence-electron chi connectivity index (χ1n) is 9.83. The van der Waals surface area contributed by atoms with E-state index < -0.39 is 85.9 Å². The van der Waals surface area contributed by atoms with E-state index in [2.05, 4.69) is 0 Å². The van der Waals surface area contributed by atoms with E-state index in [1.165, 1.54) is 27.7 Å². The van der Waals surface area contributed by atoms with Gasteiger partial charge in [-0.2, -0.15) is 79.0 Å². The summed E-state index contributed by atoms with van der Waals surface area (Å²) in [5.74, 6) is -49.3. The molecule has 0 aromatic carbocycles. The number of hydrogen-bond donors (Lipinski definition) is 0. The first kappa shape index (κ1) is 35.9. The normalized spacial score (nSPS) is 16.4. The van der Waals surface area contributed by atoms with Crippen LogP contribution in [0.15, 0.2) is 0 Å². The SMILES string of the molecule is CC(C)[SiH](CCC(F)(F)C(F)(F)C(F)(F)C(F)(F)C(F)(F)C(F)(F)C(F)(C(F)(F)F)C(F)(F)F)C(C)C. The predicted octanol–water partition coefficient (Wildman–Crippen LogP) is 9.07. The summed E-state index contributed by atoms with van der Waals surface area (Å²) in [7, 11) is -2.58. The van der Waals surface area contributed by atoms with Crippen LogP contribution in [0.2, 0.25) is 17.1 Å². The average Bonchev–Trinajstić information content (AvgIpc) is 2.63. The third-order valence-electron chi connectivity index (χ3n) is 5.75. The van der Waals surface area contributed by atoms with Gasteiger partial charge in [-0.25, -0.2) is 4.39 Å². The largest absolute Gasteiger partial charge is 0.438 e. The molecule has 0 saturated carbocycles. The minimum absolute atomic E-state index is 0.503. The molecule has 0 heterocycles. The third kappa shape index (κ3) is 5.24. The van der Waals surface area contributed by atoms with Crippen LogP contribution in [0, 0.1) is 0 Å². The third-order valence-corrected chi connectivity index (χ3v) is 10.1.